The van der Waals surface area contributed by atoms with Gasteiger partial charge in [-0.3, -0.25) is 0 Å². The molecule has 2 amide bonds. The molecule has 0 aromatic heterocycles. The van der Waals surface area contributed by atoms with E-state index in [9.17, 15) is 13.6 Å². The number of carbonyl (C=O) groups is 1. The Morgan fingerprint density at radius 1 is 1.12 bits per heavy atom. The zero-order valence-corrected chi connectivity index (χ0v) is 14.8. The summed E-state index contributed by atoms with van der Waals surface area (Å²) in [6.07, 6.45) is 0.0981. The number of carbonyl (C=O) groups excluding carboxylic acids is 1. The number of thioether (sulfide) groups is 1. The third kappa shape index (κ3) is 6.62. The van der Waals surface area contributed by atoms with Gasteiger partial charge in [-0.1, -0.05) is 36.0 Å². The molecule has 0 saturated carbocycles. The Bertz CT molecular complexity index is 694. The van der Waals surface area contributed by atoms with Gasteiger partial charge in [0.2, 0.25) is 0 Å². The fourth-order valence-corrected chi connectivity index (χ4v) is 2.67. The van der Waals surface area contributed by atoms with Crippen molar-refractivity contribution in [3.63, 3.8) is 0 Å². The highest BCUT2D eigenvalue weighted by Gasteiger charge is 2.11. The summed E-state index contributed by atoms with van der Waals surface area (Å²) in [7, 11) is 0. The second-order valence-corrected chi connectivity index (χ2v) is 6.52. The number of hydrogen-bond acceptors (Lipinski definition) is 3. The molecule has 0 aliphatic rings. The molecule has 25 heavy (non-hydrogen) atoms. The first kappa shape index (κ1) is 19.1. The number of rotatable bonds is 7. The molecule has 0 bridgehead atoms. The summed E-state index contributed by atoms with van der Waals surface area (Å²) in [4.78, 5) is 12.3. The van der Waals surface area contributed by atoms with Gasteiger partial charge in [0, 0.05) is 11.4 Å². The molecule has 2 rings (SSSR count). The largest absolute Gasteiger partial charge is 0.491 e. The number of alkyl halides is 2. The van der Waals surface area contributed by atoms with Crippen LogP contribution < -0.4 is 15.4 Å². The van der Waals surface area contributed by atoms with Crippen molar-refractivity contribution in [1.82, 2.24) is 5.32 Å². The Morgan fingerprint density at radius 3 is 2.44 bits per heavy atom. The van der Waals surface area contributed by atoms with Crippen LogP contribution >= 0.6 is 11.8 Å². The van der Waals surface area contributed by atoms with Gasteiger partial charge in [-0.25, -0.2) is 4.79 Å². The van der Waals surface area contributed by atoms with E-state index in [0.717, 1.165) is 11.3 Å². The average molecular weight is 366 g/mol. The predicted molar refractivity (Wildman–Crippen MR) is 96.4 cm³/mol. The van der Waals surface area contributed by atoms with Crippen molar-refractivity contribution in [2.45, 2.75) is 37.1 Å². The van der Waals surface area contributed by atoms with Gasteiger partial charge >= 0.3 is 6.03 Å². The summed E-state index contributed by atoms with van der Waals surface area (Å²) in [6, 6.07) is 13.4. The van der Waals surface area contributed by atoms with E-state index in [0.29, 0.717) is 28.9 Å². The van der Waals surface area contributed by atoms with E-state index in [-0.39, 0.29) is 6.10 Å². The van der Waals surface area contributed by atoms with Gasteiger partial charge < -0.3 is 15.4 Å². The lowest BCUT2D eigenvalue weighted by molar-refractivity contribution is 0.242. The molecule has 0 fully saturated rings. The van der Waals surface area contributed by atoms with Crippen molar-refractivity contribution >= 4 is 23.5 Å². The molecule has 0 radical (unpaired) electrons. The third-order valence-electron chi connectivity index (χ3n) is 3.10. The fourth-order valence-electron chi connectivity index (χ4n) is 2.08. The molecule has 0 atom stereocenters. The lowest BCUT2D eigenvalue weighted by Crippen LogP contribution is -2.28. The van der Waals surface area contributed by atoms with Crippen LogP contribution in [0.2, 0.25) is 0 Å². The van der Waals surface area contributed by atoms with Crippen LogP contribution in [-0.2, 0) is 6.54 Å². The van der Waals surface area contributed by atoms with Crippen LogP contribution in [0.4, 0.5) is 19.3 Å². The molecule has 0 saturated heterocycles. The minimum absolute atomic E-state index is 0.0981. The molecule has 134 valence electrons. The molecule has 2 N–H and O–H groups in total. The molecule has 0 aliphatic heterocycles. The highest BCUT2D eigenvalue weighted by atomic mass is 32.2. The summed E-state index contributed by atoms with van der Waals surface area (Å²) in [5.74, 6) is -1.78. The number of urea groups is 1. The minimum Gasteiger partial charge on any atom is -0.491 e. The van der Waals surface area contributed by atoms with E-state index < -0.39 is 11.8 Å². The normalized spacial score (nSPS) is 10.8. The smallest absolute Gasteiger partial charge is 0.319 e. The quantitative estimate of drug-likeness (QED) is 0.670. The van der Waals surface area contributed by atoms with Gasteiger partial charge in [-0.05, 0) is 43.7 Å². The predicted octanol–water partition coefficient (Wildman–Crippen LogP) is 5.11. The summed E-state index contributed by atoms with van der Waals surface area (Å²) < 4.78 is 30.6. The molecule has 2 aromatic carbocycles. The van der Waals surface area contributed by atoms with E-state index in [1.165, 1.54) is 0 Å². The molecular formula is C18H20F2N2O2S. The highest BCUT2D eigenvalue weighted by molar-refractivity contribution is 7.99. The van der Waals surface area contributed by atoms with Crippen molar-refractivity contribution < 1.29 is 18.3 Å². The van der Waals surface area contributed by atoms with E-state index in [2.05, 4.69) is 10.6 Å². The standard InChI is InChI=1S/C18H20F2N2O2S/c1-12(2)24-14-9-7-13(8-10-14)11-21-18(23)22-15-5-3-4-6-16(15)25-17(19)20/h3-10,12,17H,11H2,1-2H3,(H2,21,22,23). The zero-order valence-electron chi connectivity index (χ0n) is 14.0. The van der Waals surface area contributed by atoms with Crippen molar-refractivity contribution in [2.75, 3.05) is 5.32 Å². The Kier molecular flexibility index (Phi) is 7.06. The van der Waals surface area contributed by atoms with Crippen molar-refractivity contribution in [3.05, 3.63) is 54.1 Å². The van der Waals surface area contributed by atoms with Crippen LogP contribution in [-0.4, -0.2) is 17.9 Å². The molecule has 0 unspecified atom stereocenters. The lowest BCUT2D eigenvalue weighted by Gasteiger charge is -2.12. The number of amides is 2. The third-order valence-corrected chi connectivity index (χ3v) is 3.89. The van der Waals surface area contributed by atoms with Crippen molar-refractivity contribution in [1.29, 1.82) is 0 Å². The van der Waals surface area contributed by atoms with Crippen LogP contribution in [0.1, 0.15) is 19.4 Å². The Balaban J connectivity index is 1.89. The average Bonchev–Trinajstić information content (AvgIpc) is 2.55. The Hall–Kier alpha value is -2.28. The topological polar surface area (TPSA) is 50.4 Å². The fraction of sp³-hybridized carbons (Fsp3) is 0.278. The molecule has 0 aliphatic carbocycles. The zero-order chi connectivity index (χ0) is 18.2. The maximum absolute atomic E-state index is 12.5. The SMILES string of the molecule is CC(C)Oc1ccc(CNC(=O)Nc2ccccc2SC(F)F)cc1. The molecule has 7 heteroatoms. The maximum atomic E-state index is 12.5. The second-order valence-electron chi connectivity index (χ2n) is 5.49. The van der Waals surface area contributed by atoms with E-state index in [1.54, 1.807) is 24.3 Å². The van der Waals surface area contributed by atoms with E-state index >= 15 is 0 Å². The van der Waals surface area contributed by atoms with Gasteiger partial charge in [0.1, 0.15) is 5.75 Å². The Labute approximate surface area is 150 Å². The summed E-state index contributed by atoms with van der Waals surface area (Å²) >= 11 is 0.398. The van der Waals surface area contributed by atoms with Crippen LogP contribution in [0.5, 0.6) is 5.75 Å². The van der Waals surface area contributed by atoms with Gasteiger partial charge in [-0.2, -0.15) is 8.78 Å². The Morgan fingerprint density at radius 2 is 1.80 bits per heavy atom. The first-order valence-electron chi connectivity index (χ1n) is 7.78. The summed E-state index contributed by atoms with van der Waals surface area (Å²) in [5.41, 5.74) is 1.26. The second kappa shape index (κ2) is 9.27. The number of anilines is 1. The van der Waals surface area contributed by atoms with Gasteiger partial charge in [0.25, 0.3) is 5.76 Å². The van der Waals surface area contributed by atoms with Gasteiger partial charge in [0.15, 0.2) is 0 Å². The first-order valence-corrected chi connectivity index (χ1v) is 8.66. The van der Waals surface area contributed by atoms with Gasteiger partial charge in [0.05, 0.1) is 11.8 Å². The van der Waals surface area contributed by atoms with Crippen LogP contribution in [0.3, 0.4) is 0 Å². The van der Waals surface area contributed by atoms with E-state index in [1.807, 2.05) is 38.1 Å². The minimum atomic E-state index is -2.54. The summed E-state index contributed by atoms with van der Waals surface area (Å²) in [5, 5.41) is 5.30. The number of benzene rings is 2. The number of ether oxygens (including phenoxy) is 1. The maximum Gasteiger partial charge on any atom is 0.319 e. The molecule has 4 nitrogen and oxygen atoms in total. The first-order chi connectivity index (χ1) is 11.9. The molecular weight excluding hydrogens is 346 g/mol. The number of para-hydroxylation sites is 1. The number of hydrogen-bond donors (Lipinski definition) is 2. The molecule has 2 aromatic rings. The van der Waals surface area contributed by atoms with Crippen molar-refractivity contribution in [2.24, 2.45) is 0 Å². The molecule has 0 heterocycles. The number of nitrogens with one attached hydrogen (secondary N) is 2. The molecule has 0 spiro atoms. The van der Waals surface area contributed by atoms with Crippen LogP contribution in [0.15, 0.2) is 53.4 Å². The monoisotopic (exact) mass is 366 g/mol. The van der Waals surface area contributed by atoms with E-state index in [4.69, 9.17) is 4.74 Å². The van der Waals surface area contributed by atoms with Crippen LogP contribution in [0, 0.1) is 0 Å². The van der Waals surface area contributed by atoms with Gasteiger partial charge in [-0.15, -0.1) is 0 Å². The summed E-state index contributed by atoms with van der Waals surface area (Å²) in [6.45, 7) is 4.21. The lowest BCUT2D eigenvalue weighted by atomic mass is 10.2. The van der Waals surface area contributed by atoms with Crippen LogP contribution in [0.25, 0.3) is 0 Å². The number of halogens is 2. The highest BCUT2D eigenvalue weighted by Crippen LogP contribution is 2.31. The van der Waals surface area contributed by atoms with Crippen molar-refractivity contribution in [3.8, 4) is 5.75 Å².